The fourth-order valence-corrected chi connectivity index (χ4v) is 5.53. The van der Waals surface area contributed by atoms with Gasteiger partial charge in [0, 0.05) is 18.0 Å². The summed E-state index contributed by atoms with van der Waals surface area (Å²) in [6, 6.07) is 13.6. The molecule has 0 saturated carbocycles. The van der Waals surface area contributed by atoms with Crippen molar-refractivity contribution in [3.8, 4) is 5.75 Å². The molecule has 0 spiro atoms. The van der Waals surface area contributed by atoms with Crippen molar-refractivity contribution in [3.63, 3.8) is 0 Å². The minimum Gasteiger partial charge on any atom is -0.494 e. The highest BCUT2D eigenvalue weighted by molar-refractivity contribution is 7.98. The minimum atomic E-state index is -3.92. The van der Waals surface area contributed by atoms with Crippen LogP contribution in [0, 0.1) is 5.92 Å². The normalized spacial score (nSPS) is 16.7. The fraction of sp³-hybridized carbons (Fsp3) is 0.435. The molecule has 8 heteroatoms. The maximum absolute atomic E-state index is 13.5. The highest BCUT2D eigenvalue weighted by Gasteiger charge is 2.30. The number of benzene rings is 2. The number of thioether (sulfide) groups is 1. The quantitative estimate of drug-likeness (QED) is 0.549. The van der Waals surface area contributed by atoms with E-state index in [4.69, 9.17) is 4.74 Å². The molecule has 1 amide bonds. The Morgan fingerprint density at radius 3 is 2.42 bits per heavy atom. The summed E-state index contributed by atoms with van der Waals surface area (Å²) in [5.74, 6) is 0.904. The number of carbonyl (C=O) groups excluding carboxylic acids is 1. The highest BCUT2D eigenvalue weighted by Crippen LogP contribution is 2.28. The van der Waals surface area contributed by atoms with Crippen molar-refractivity contribution in [1.29, 1.82) is 0 Å². The second-order valence-electron chi connectivity index (χ2n) is 7.70. The van der Waals surface area contributed by atoms with Crippen LogP contribution in [-0.4, -0.2) is 51.7 Å². The molecule has 168 valence electrons. The van der Waals surface area contributed by atoms with Gasteiger partial charge in [0.25, 0.3) is 10.0 Å². The number of piperidine rings is 1. The standard InChI is InChI=1S/C23H30N2O4S2/c1-4-29-20-9-7-19(8-10-20)25(17-23(26)24-15-5-6-18(2)16-24)31(27,28)22-13-11-21(30-3)12-14-22/h7-14,18H,4-6,15-17H2,1-3H3/t18-/m0/s1. The summed E-state index contributed by atoms with van der Waals surface area (Å²) >= 11 is 1.55. The lowest BCUT2D eigenvalue weighted by atomic mass is 10.0. The van der Waals surface area contributed by atoms with Gasteiger partial charge < -0.3 is 9.64 Å². The molecule has 1 heterocycles. The van der Waals surface area contributed by atoms with Gasteiger partial charge in [-0.05, 0) is 80.5 Å². The van der Waals surface area contributed by atoms with Gasteiger partial charge in [-0.1, -0.05) is 6.92 Å². The molecular weight excluding hydrogens is 432 g/mol. The molecule has 0 aromatic heterocycles. The van der Waals surface area contributed by atoms with Gasteiger partial charge in [0.1, 0.15) is 12.3 Å². The molecule has 2 aromatic carbocycles. The van der Waals surface area contributed by atoms with Crippen molar-refractivity contribution in [2.45, 2.75) is 36.5 Å². The number of ether oxygens (including phenoxy) is 1. The van der Waals surface area contributed by atoms with Gasteiger partial charge in [-0.2, -0.15) is 0 Å². The zero-order chi connectivity index (χ0) is 22.4. The van der Waals surface area contributed by atoms with Gasteiger partial charge in [-0.3, -0.25) is 9.10 Å². The first kappa shape index (κ1) is 23.5. The first-order valence-corrected chi connectivity index (χ1v) is 13.2. The third-order valence-electron chi connectivity index (χ3n) is 5.37. The molecule has 1 atom stereocenters. The van der Waals surface area contributed by atoms with E-state index in [0.29, 0.717) is 37.1 Å². The van der Waals surface area contributed by atoms with E-state index in [0.717, 1.165) is 17.7 Å². The molecule has 6 nitrogen and oxygen atoms in total. The molecule has 0 aliphatic carbocycles. The van der Waals surface area contributed by atoms with Crippen LogP contribution in [0.1, 0.15) is 26.7 Å². The molecule has 0 unspecified atom stereocenters. The van der Waals surface area contributed by atoms with Crippen LogP contribution >= 0.6 is 11.8 Å². The van der Waals surface area contributed by atoms with Crippen LogP contribution in [0.25, 0.3) is 0 Å². The Labute approximate surface area is 189 Å². The number of hydrogen-bond donors (Lipinski definition) is 0. The van der Waals surface area contributed by atoms with E-state index in [2.05, 4.69) is 6.92 Å². The third-order valence-corrected chi connectivity index (χ3v) is 7.90. The van der Waals surface area contributed by atoms with Gasteiger partial charge in [-0.15, -0.1) is 11.8 Å². The van der Waals surface area contributed by atoms with Crippen molar-refractivity contribution in [1.82, 2.24) is 4.90 Å². The Kier molecular flexibility index (Phi) is 7.89. The van der Waals surface area contributed by atoms with E-state index < -0.39 is 10.0 Å². The van der Waals surface area contributed by atoms with Gasteiger partial charge in [0.15, 0.2) is 0 Å². The monoisotopic (exact) mass is 462 g/mol. The molecule has 31 heavy (non-hydrogen) atoms. The van der Waals surface area contributed by atoms with Gasteiger partial charge in [0.05, 0.1) is 17.2 Å². The van der Waals surface area contributed by atoms with Gasteiger partial charge in [0.2, 0.25) is 5.91 Å². The zero-order valence-electron chi connectivity index (χ0n) is 18.3. The van der Waals surface area contributed by atoms with E-state index >= 15 is 0 Å². The van der Waals surface area contributed by atoms with E-state index in [1.807, 2.05) is 13.2 Å². The van der Waals surface area contributed by atoms with Crippen molar-refractivity contribution in [3.05, 3.63) is 48.5 Å². The van der Waals surface area contributed by atoms with E-state index in [1.165, 1.54) is 4.31 Å². The number of anilines is 1. The Balaban J connectivity index is 1.93. The summed E-state index contributed by atoms with van der Waals surface area (Å²) in [6.45, 7) is 5.64. The van der Waals surface area contributed by atoms with Crippen LogP contribution in [0.2, 0.25) is 0 Å². The summed E-state index contributed by atoms with van der Waals surface area (Å²) in [5.41, 5.74) is 0.441. The second kappa shape index (κ2) is 10.4. The predicted octanol–water partition coefficient (Wildman–Crippen LogP) is 4.26. The highest BCUT2D eigenvalue weighted by atomic mass is 32.2. The van der Waals surface area contributed by atoms with Crippen molar-refractivity contribution >= 4 is 33.4 Å². The summed E-state index contributed by atoms with van der Waals surface area (Å²) < 4.78 is 33.8. The lowest BCUT2D eigenvalue weighted by molar-refractivity contribution is -0.131. The number of carbonyl (C=O) groups is 1. The Morgan fingerprint density at radius 1 is 1.16 bits per heavy atom. The lowest BCUT2D eigenvalue weighted by Crippen LogP contribution is -2.46. The number of nitrogens with zero attached hydrogens (tertiary/aromatic N) is 2. The van der Waals surface area contributed by atoms with Crippen LogP contribution in [0.3, 0.4) is 0 Å². The smallest absolute Gasteiger partial charge is 0.264 e. The average molecular weight is 463 g/mol. The van der Waals surface area contributed by atoms with E-state index in [-0.39, 0.29) is 17.3 Å². The molecular formula is C23H30N2O4S2. The average Bonchev–Trinajstić information content (AvgIpc) is 2.78. The molecule has 3 rings (SSSR count). The summed E-state index contributed by atoms with van der Waals surface area (Å²) in [4.78, 5) is 16.0. The molecule has 1 aliphatic rings. The molecule has 0 radical (unpaired) electrons. The second-order valence-corrected chi connectivity index (χ2v) is 10.4. The van der Waals surface area contributed by atoms with E-state index in [1.54, 1.807) is 65.2 Å². The van der Waals surface area contributed by atoms with Crippen molar-refractivity contribution in [2.24, 2.45) is 5.92 Å². The minimum absolute atomic E-state index is 0.166. The molecule has 1 saturated heterocycles. The van der Waals surface area contributed by atoms with Crippen LogP contribution < -0.4 is 9.04 Å². The van der Waals surface area contributed by atoms with Gasteiger partial charge >= 0.3 is 0 Å². The van der Waals surface area contributed by atoms with E-state index in [9.17, 15) is 13.2 Å². The van der Waals surface area contributed by atoms with Gasteiger partial charge in [-0.25, -0.2) is 8.42 Å². The summed E-state index contributed by atoms with van der Waals surface area (Å²) in [6.07, 6.45) is 3.97. The van der Waals surface area contributed by atoms with Crippen LogP contribution in [0.5, 0.6) is 5.75 Å². The van der Waals surface area contributed by atoms with Crippen molar-refractivity contribution < 1.29 is 17.9 Å². The maximum Gasteiger partial charge on any atom is 0.264 e. The Bertz CT molecular complexity index is 976. The largest absolute Gasteiger partial charge is 0.494 e. The summed E-state index contributed by atoms with van der Waals surface area (Å²) in [7, 11) is -3.92. The lowest BCUT2D eigenvalue weighted by Gasteiger charge is -2.33. The molecule has 0 bridgehead atoms. The first-order valence-electron chi connectivity index (χ1n) is 10.5. The Morgan fingerprint density at radius 2 is 1.84 bits per heavy atom. The molecule has 1 aliphatic heterocycles. The zero-order valence-corrected chi connectivity index (χ0v) is 19.9. The number of rotatable bonds is 8. The number of amides is 1. The first-order chi connectivity index (χ1) is 14.8. The number of sulfonamides is 1. The third kappa shape index (κ3) is 5.74. The number of likely N-dealkylation sites (tertiary alicyclic amines) is 1. The predicted molar refractivity (Wildman–Crippen MR) is 125 cm³/mol. The molecule has 0 N–H and O–H groups in total. The summed E-state index contributed by atoms with van der Waals surface area (Å²) in [5, 5.41) is 0. The topological polar surface area (TPSA) is 66.9 Å². The molecule has 1 fully saturated rings. The Hall–Kier alpha value is -2.19. The van der Waals surface area contributed by atoms with Crippen LogP contribution in [0.15, 0.2) is 58.3 Å². The van der Waals surface area contributed by atoms with Crippen LogP contribution in [-0.2, 0) is 14.8 Å². The SMILES string of the molecule is CCOc1ccc(N(CC(=O)N2CCC[C@H](C)C2)S(=O)(=O)c2ccc(SC)cc2)cc1. The fourth-order valence-electron chi connectivity index (χ4n) is 3.70. The van der Waals surface area contributed by atoms with Crippen LogP contribution in [0.4, 0.5) is 5.69 Å². The maximum atomic E-state index is 13.5. The van der Waals surface area contributed by atoms with Crippen molar-refractivity contribution in [2.75, 3.05) is 36.8 Å². The number of hydrogen-bond acceptors (Lipinski definition) is 5. The molecule has 2 aromatic rings.